The monoisotopic (exact) mass is 252 g/mol. The van der Waals surface area contributed by atoms with Crippen LogP contribution in [0.4, 0.5) is 0 Å². The molecule has 0 aromatic heterocycles. The first-order valence-corrected chi connectivity index (χ1v) is 3.66. The van der Waals surface area contributed by atoms with Crippen molar-refractivity contribution in [3.63, 3.8) is 0 Å². The Hall–Kier alpha value is -0.0466. The second-order valence-corrected chi connectivity index (χ2v) is 2.77. The van der Waals surface area contributed by atoms with E-state index in [-0.39, 0.29) is 30.8 Å². The zero-order valence-corrected chi connectivity index (χ0v) is 10.7. The minimum absolute atomic E-state index is 0. The number of hydrogen-bond donors (Lipinski definition) is 2. The number of rotatable bonds is 1. The van der Waals surface area contributed by atoms with Gasteiger partial charge < -0.3 is 5.11 Å². The Kier molecular flexibility index (Phi) is 4.83. The van der Waals surface area contributed by atoms with Gasteiger partial charge >= 0.3 is 0 Å². The number of para-hydroxylation sites is 1. The number of hydrogen-bond acceptors (Lipinski definition) is 3. The Bertz CT molecular complexity index is 303. The average Bonchev–Trinajstić information content (AvgIpc) is 1.94. The smallest absolute Gasteiger partial charge is 0.256 e. The van der Waals surface area contributed by atoms with Crippen molar-refractivity contribution in [3.8, 4) is 5.75 Å². The molecule has 0 saturated heterocycles. The van der Waals surface area contributed by atoms with Crippen LogP contribution in [0.1, 0.15) is 10.4 Å². The summed E-state index contributed by atoms with van der Waals surface area (Å²) in [6.45, 7) is 0. The molecule has 1 rings (SSSR count). The van der Waals surface area contributed by atoms with E-state index >= 15 is 0 Å². The van der Waals surface area contributed by atoms with Gasteiger partial charge in [0.2, 0.25) is 0 Å². The maximum absolute atomic E-state index is 10.6. The summed E-state index contributed by atoms with van der Waals surface area (Å²) in [5, 5.41) is 8.50. The number of benzene rings is 1. The Morgan fingerprint density at radius 1 is 1.50 bits per heavy atom. The Labute approximate surface area is 93.1 Å². The molecule has 0 heterocycles. The molecule has 12 heavy (non-hydrogen) atoms. The maximum atomic E-state index is 10.6. The van der Waals surface area contributed by atoms with Crippen molar-refractivity contribution in [1.82, 2.24) is 0 Å². The maximum Gasteiger partial charge on any atom is 0.256 e. The molecule has 0 bridgehead atoms. The average molecular weight is 254 g/mol. The molecule has 5 heteroatoms. The van der Waals surface area contributed by atoms with Gasteiger partial charge in [0.25, 0.3) is 5.24 Å². The Balaban J connectivity index is 0.00000121. The topological polar surface area (TPSA) is 37.3 Å². The van der Waals surface area contributed by atoms with Crippen LogP contribution in [0.5, 0.6) is 5.75 Å². The fourth-order valence-corrected chi connectivity index (χ4v) is 1.05. The summed E-state index contributed by atoms with van der Waals surface area (Å²) in [4.78, 5) is 10.9. The molecular formula is C7H5ClO2SZn. The molecule has 0 spiro atoms. The van der Waals surface area contributed by atoms with Gasteiger partial charge in [-0.3, -0.25) is 4.79 Å². The molecule has 0 radical (unpaired) electrons. The van der Waals surface area contributed by atoms with E-state index in [0.29, 0.717) is 4.90 Å². The fourth-order valence-electron chi connectivity index (χ4n) is 0.690. The predicted octanol–water partition coefficient (Wildman–Crippen LogP) is 2.06. The molecule has 0 aliphatic rings. The number of carbonyl (C=O) groups excluding carboxylic acids is 1. The van der Waals surface area contributed by atoms with E-state index in [4.69, 9.17) is 11.6 Å². The quantitative estimate of drug-likeness (QED) is 0.457. The van der Waals surface area contributed by atoms with E-state index in [1.165, 1.54) is 6.07 Å². The van der Waals surface area contributed by atoms with Crippen molar-refractivity contribution in [3.05, 3.63) is 23.8 Å². The third kappa shape index (κ3) is 2.48. The SMILES string of the molecule is O=C(Cl)c1cccc(S)c1O.[Zn]. The van der Waals surface area contributed by atoms with Crippen molar-refractivity contribution in [1.29, 1.82) is 0 Å². The number of phenolic OH excluding ortho intramolecular Hbond substituents is 1. The van der Waals surface area contributed by atoms with E-state index in [0.717, 1.165) is 0 Å². The summed E-state index contributed by atoms with van der Waals surface area (Å²) in [5.74, 6) is -0.171. The third-order valence-corrected chi connectivity index (χ3v) is 1.79. The van der Waals surface area contributed by atoms with Crippen LogP contribution in [-0.2, 0) is 19.5 Å². The van der Waals surface area contributed by atoms with Crippen LogP contribution in [-0.4, -0.2) is 10.3 Å². The first-order valence-electron chi connectivity index (χ1n) is 2.83. The van der Waals surface area contributed by atoms with Gasteiger partial charge in [0, 0.05) is 24.4 Å². The molecule has 60 valence electrons. The van der Waals surface area contributed by atoms with Gasteiger partial charge in [0.05, 0.1) is 5.56 Å². The molecule has 1 N–H and O–H groups in total. The molecule has 0 aliphatic heterocycles. The van der Waals surface area contributed by atoms with E-state index in [2.05, 4.69) is 12.6 Å². The van der Waals surface area contributed by atoms with E-state index in [1.54, 1.807) is 12.1 Å². The van der Waals surface area contributed by atoms with Crippen molar-refractivity contribution >= 4 is 29.5 Å². The molecule has 1 aromatic carbocycles. The van der Waals surface area contributed by atoms with Crippen LogP contribution < -0.4 is 0 Å². The molecule has 0 amide bonds. The van der Waals surface area contributed by atoms with E-state index < -0.39 is 5.24 Å². The van der Waals surface area contributed by atoms with Crippen LogP contribution >= 0.6 is 24.2 Å². The molecule has 1 aromatic rings. The summed E-state index contributed by atoms with van der Waals surface area (Å²) >= 11 is 9.05. The van der Waals surface area contributed by atoms with Gasteiger partial charge in [-0.15, -0.1) is 12.6 Å². The summed E-state index contributed by atoms with van der Waals surface area (Å²) < 4.78 is 0. The molecule has 0 aliphatic carbocycles. The largest absolute Gasteiger partial charge is 0.506 e. The van der Waals surface area contributed by atoms with Crippen LogP contribution in [0, 0.1) is 0 Å². The summed E-state index contributed by atoms with van der Waals surface area (Å²) in [6.07, 6.45) is 0. The van der Waals surface area contributed by atoms with Crippen molar-refractivity contribution < 1.29 is 29.4 Å². The van der Waals surface area contributed by atoms with Crippen molar-refractivity contribution in [2.45, 2.75) is 4.90 Å². The summed E-state index contributed by atoms with van der Waals surface area (Å²) in [6, 6.07) is 4.60. The van der Waals surface area contributed by atoms with Gasteiger partial charge in [-0.25, -0.2) is 0 Å². The van der Waals surface area contributed by atoms with Crippen LogP contribution in [0.25, 0.3) is 0 Å². The van der Waals surface area contributed by atoms with Crippen LogP contribution in [0.15, 0.2) is 23.1 Å². The minimum atomic E-state index is -0.682. The summed E-state index contributed by atoms with van der Waals surface area (Å²) in [5.41, 5.74) is 0.0826. The normalized spacial score (nSPS) is 8.83. The zero-order chi connectivity index (χ0) is 8.43. The minimum Gasteiger partial charge on any atom is -0.506 e. The molecule has 2 nitrogen and oxygen atoms in total. The summed E-state index contributed by atoms with van der Waals surface area (Å²) in [7, 11) is 0. The third-order valence-electron chi connectivity index (χ3n) is 1.23. The number of phenols is 1. The van der Waals surface area contributed by atoms with Crippen LogP contribution in [0.2, 0.25) is 0 Å². The van der Waals surface area contributed by atoms with Crippen LogP contribution in [0.3, 0.4) is 0 Å². The fraction of sp³-hybridized carbons (Fsp3) is 0. The molecule has 0 atom stereocenters. The Morgan fingerprint density at radius 2 is 2.08 bits per heavy atom. The van der Waals surface area contributed by atoms with Gasteiger partial charge in [-0.2, -0.15) is 0 Å². The molecule has 0 saturated carbocycles. The second-order valence-electron chi connectivity index (χ2n) is 1.95. The van der Waals surface area contributed by atoms with Crippen molar-refractivity contribution in [2.24, 2.45) is 0 Å². The number of carbonyl (C=O) groups is 1. The first-order chi connectivity index (χ1) is 5.13. The zero-order valence-electron chi connectivity index (χ0n) is 6.12. The van der Waals surface area contributed by atoms with Gasteiger partial charge in [0.15, 0.2) is 0 Å². The number of aromatic hydroxyl groups is 1. The van der Waals surface area contributed by atoms with E-state index in [1.807, 2.05) is 0 Å². The van der Waals surface area contributed by atoms with Crippen molar-refractivity contribution in [2.75, 3.05) is 0 Å². The predicted molar refractivity (Wildman–Crippen MR) is 45.5 cm³/mol. The van der Waals surface area contributed by atoms with Gasteiger partial charge in [0.1, 0.15) is 5.75 Å². The van der Waals surface area contributed by atoms with Gasteiger partial charge in [-0.1, -0.05) is 6.07 Å². The first kappa shape index (κ1) is 12.0. The van der Waals surface area contributed by atoms with E-state index in [9.17, 15) is 9.90 Å². The standard InChI is InChI=1S/C7H5ClO2S.Zn/c8-7(10)4-2-1-3-5(11)6(4)9;/h1-3,9,11H;. The molecular weight excluding hydrogens is 249 g/mol. The van der Waals surface area contributed by atoms with Gasteiger partial charge in [-0.05, 0) is 23.7 Å². The molecule has 0 unspecified atom stereocenters. The second kappa shape index (κ2) is 4.85. The number of halogens is 1. The molecule has 0 fully saturated rings. The number of thiol groups is 1. The Morgan fingerprint density at radius 3 is 2.50 bits per heavy atom.